The van der Waals surface area contributed by atoms with Crippen molar-refractivity contribution in [3.63, 3.8) is 0 Å². The van der Waals surface area contributed by atoms with Gasteiger partial charge in [0, 0.05) is 6.54 Å². The molecular formula is C13H23N3O4. The zero-order chi connectivity index (χ0) is 15.3. The van der Waals surface area contributed by atoms with Crippen LogP contribution in [-0.4, -0.2) is 53.0 Å². The summed E-state index contributed by atoms with van der Waals surface area (Å²) in [4.78, 5) is 35.9. The SMILES string of the molecule is CC(C)CC(N)C(=O)NCC(=O)N1CCCC1C(=O)O. The van der Waals surface area contributed by atoms with Crippen molar-refractivity contribution in [2.45, 2.75) is 45.2 Å². The Morgan fingerprint density at radius 1 is 1.40 bits per heavy atom. The molecular weight excluding hydrogens is 262 g/mol. The molecule has 1 saturated heterocycles. The Bertz CT molecular complexity index is 384. The minimum Gasteiger partial charge on any atom is -0.480 e. The topological polar surface area (TPSA) is 113 Å². The number of carboxylic acid groups (broad SMARTS) is 1. The Morgan fingerprint density at radius 3 is 2.60 bits per heavy atom. The minimum absolute atomic E-state index is 0.200. The molecule has 2 amide bonds. The molecule has 1 heterocycles. The van der Waals surface area contributed by atoms with Crippen LogP contribution in [0, 0.1) is 5.92 Å². The number of nitrogens with zero attached hydrogens (tertiary/aromatic N) is 1. The Labute approximate surface area is 118 Å². The lowest BCUT2D eigenvalue weighted by Gasteiger charge is -2.22. The van der Waals surface area contributed by atoms with Gasteiger partial charge in [-0.25, -0.2) is 4.79 Å². The highest BCUT2D eigenvalue weighted by Gasteiger charge is 2.33. The molecule has 2 unspecified atom stereocenters. The van der Waals surface area contributed by atoms with Crippen LogP contribution < -0.4 is 11.1 Å². The molecule has 1 aliphatic rings. The fraction of sp³-hybridized carbons (Fsp3) is 0.769. The summed E-state index contributed by atoms with van der Waals surface area (Å²) in [6.07, 6.45) is 1.67. The van der Waals surface area contributed by atoms with Crippen molar-refractivity contribution < 1.29 is 19.5 Å². The van der Waals surface area contributed by atoms with Crippen molar-refractivity contribution >= 4 is 17.8 Å². The number of rotatable bonds is 6. The molecule has 0 aromatic carbocycles. The van der Waals surface area contributed by atoms with E-state index in [9.17, 15) is 14.4 Å². The van der Waals surface area contributed by atoms with Crippen LogP contribution in [0.4, 0.5) is 0 Å². The van der Waals surface area contributed by atoms with Gasteiger partial charge in [0.1, 0.15) is 6.04 Å². The highest BCUT2D eigenvalue weighted by Crippen LogP contribution is 2.17. The molecule has 7 nitrogen and oxygen atoms in total. The second-order valence-corrected chi connectivity index (χ2v) is 5.54. The maximum absolute atomic E-state index is 11.9. The molecule has 114 valence electrons. The van der Waals surface area contributed by atoms with E-state index in [-0.39, 0.29) is 18.4 Å². The van der Waals surface area contributed by atoms with Crippen LogP contribution in [0.1, 0.15) is 33.1 Å². The van der Waals surface area contributed by atoms with Gasteiger partial charge in [0.2, 0.25) is 11.8 Å². The molecule has 2 atom stereocenters. The molecule has 1 rings (SSSR count). The third-order valence-corrected chi connectivity index (χ3v) is 3.33. The van der Waals surface area contributed by atoms with Gasteiger partial charge in [-0.1, -0.05) is 13.8 Å². The minimum atomic E-state index is -1.00. The Kier molecular flexibility index (Phi) is 5.94. The number of nitrogens with two attached hydrogens (primary N) is 1. The van der Waals surface area contributed by atoms with E-state index in [0.29, 0.717) is 31.7 Å². The first-order chi connectivity index (χ1) is 9.32. The molecule has 1 fully saturated rings. The second-order valence-electron chi connectivity index (χ2n) is 5.54. The van der Waals surface area contributed by atoms with E-state index >= 15 is 0 Å². The molecule has 0 aromatic heterocycles. The van der Waals surface area contributed by atoms with Gasteiger partial charge in [0.05, 0.1) is 12.6 Å². The maximum atomic E-state index is 11.9. The van der Waals surface area contributed by atoms with Crippen LogP contribution in [0.5, 0.6) is 0 Å². The number of hydrogen-bond donors (Lipinski definition) is 3. The highest BCUT2D eigenvalue weighted by atomic mass is 16.4. The number of carbonyl (C=O) groups is 3. The van der Waals surface area contributed by atoms with Gasteiger partial charge < -0.3 is 21.1 Å². The van der Waals surface area contributed by atoms with Gasteiger partial charge in [-0.2, -0.15) is 0 Å². The molecule has 20 heavy (non-hydrogen) atoms. The van der Waals surface area contributed by atoms with E-state index < -0.39 is 18.1 Å². The lowest BCUT2D eigenvalue weighted by molar-refractivity contribution is -0.148. The van der Waals surface area contributed by atoms with Gasteiger partial charge in [0.25, 0.3) is 0 Å². The second kappa shape index (κ2) is 7.23. The van der Waals surface area contributed by atoms with Crippen LogP contribution in [0.25, 0.3) is 0 Å². The zero-order valence-corrected chi connectivity index (χ0v) is 12.0. The first-order valence-electron chi connectivity index (χ1n) is 6.88. The summed E-state index contributed by atoms with van der Waals surface area (Å²) < 4.78 is 0. The number of amides is 2. The van der Waals surface area contributed by atoms with Crippen LogP contribution in [0.2, 0.25) is 0 Å². The monoisotopic (exact) mass is 285 g/mol. The first-order valence-corrected chi connectivity index (χ1v) is 6.88. The average molecular weight is 285 g/mol. The van der Waals surface area contributed by atoms with Crippen molar-refractivity contribution in [1.29, 1.82) is 0 Å². The molecule has 0 aliphatic carbocycles. The van der Waals surface area contributed by atoms with E-state index in [0.717, 1.165) is 0 Å². The van der Waals surface area contributed by atoms with Crippen molar-refractivity contribution in [2.24, 2.45) is 11.7 Å². The quantitative estimate of drug-likeness (QED) is 0.612. The van der Waals surface area contributed by atoms with E-state index in [1.165, 1.54) is 4.90 Å². The number of carboxylic acids is 1. The van der Waals surface area contributed by atoms with E-state index in [1.807, 2.05) is 13.8 Å². The normalized spacial score (nSPS) is 20.0. The summed E-state index contributed by atoms with van der Waals surface area (Å²) in [5, 5.41) is 11.5. The van der Waals surface area contributed by atoms with E-state index in [2.05, 4.69) is 5.32 Å². The van der Waals surface area contributed by atoms with E-state index in [4.69, 9.17) is 10.8 Å². The van der Waals surface area contributed by atoms with E-state index in [1.54, 1.807) is 0 Å². The molecule has 0 aromatic rings. The van der Waals surface area contributed by atoms with Gasteiger partial charge in [-0.05, 0) is 25.2 Å². The Balaban J connectivity index is 2.43. The summed E-state index contributed by atoms with van der Waals surface area (Å²) in [6.45, 7) is 4.14. The van der Waals surface area contributed by atoms with Crippen LogP contribution >= 0.6 is 0 Å². The van der Waals surface area contributed by atoms with Crippen molar-refractivity contribution in [3.8, 4) is 0 Å². The van der Waals surface area contributed by atoms with Crippen molar-refractivity contribution in [3.05, 3.63) is 0 Å². The number of likely N-dealkylation sites (tertiary alicyclic amines) is 1. The predicted octanol–water partition coefficient (Wildman–Crippen LogP) is -0.448. The number of nitrogens with one attached hydrogen (secondary N) is 1. The van der Waals surface area contributed by atoms with Crippen molar-refractivity contribution in [2.75, 3.05) is 13.1 Å². The average Bonchev–Trinajstić information content (AvgIpc) is 2.83. The predicted molar refractivity (Wildman–Crippen MR) is 72.8 cm³/mol. The number of carbonyl (C=O) groups excluding carboxylic acids is 2. The summed E-state index contributed by atoms with van der Waals surface area (Å²) in [5.41, 5.74) is 5.70. The van der Waals surface area contributed by atoms with Gasteiger partial charge in [-0.15, -0.1) is 0 Å². The third-order valence-electron chi connectivity index (χ3n) is 3.33. The van der Waals surface area contributed by atoms with Gasteiger partial charge >= 0.3 is 5.97 Å². The summed E-state index contributed by atoms with van der Waals surface area (Å²) >= 11 is 0. The smallest absolute Gasteiger partial charge is 0.326 e. The lowest BCUT2D eigenvalue weighted by Crippen LogP contribution is -2.48. The summed E-state index contributed by atoms with van der Waals surface area (Å²) in [7, 11) is 0. The molecule has 7 heteroatoms. The fourth-order valence-corrected chi connectivity index (χ4v) is 2.33. The summed E-state index contributed by atoms with van der Waals surface area (Å²) in [5.74, 6) is -1.46. The van der Waals surface area contributed by atoms with Gasteiger partial charge in [0.15, 0.2) is 0 Å². The number of aliphatic carboxylic acids is 1. The van der Waals surface area contributed by atoms with Crippen LogP contribution in [-0.2, 0) is 14.4 Å². The summed E-state index contributed by atoms with van der Waals surface area (Å²) in [6, 6.07) is -1.42. The first kappa shape index (κ1) is 16.4. The van der Waals surface area contributed by atoms with Crippen LogP contribution in [0.15, 0.2) is 0 Å². The van der Waals surface area contributed by atoms with Crippen molar-refractivity contribution in [1.82, 2.24) is 10.2 Å². The lowest BCUT2D eigenvalue weighted by atomic mass is 10.0. The number of hydrogen-bond acceptors (Lipinski definition) is 4. The largest absolute Gasteiger partial charge is 0.480 e. The Hall–Kier alpha value is -1.63. The third kappa shape index (κ3) is 4.48. The maximum Gasteiger partial charge on any atom is 0.326 e. The van der Waals surface area contributed by atoms with Gasteiger partial charge in [-0.3, -0.25) is 9.59 Å². The molecule has 0 radical (unpaired) electrons. The zero-order valence-electron chi connectivity index (χ0n) is 12.0. The molecule has 4 N–H and O–H groups in total. The molecule has 0 bridgehead atoms. The standard InChI is InChI=1S/C13H23N3O4/c1-8(2)6-9(14)12(18)15-7-11(17)16-5-3-4-10(16)13(19)20/h8-10H,3-7,14H2,1-2H3,(H,15,18)(H,19,20). The molecule has 0 saturated carbocycles. The Morgan fingerprint density at radius 2 is 2.05 bits per heavy atom. The fourth-order valence-electron chi connectivity index (χ4n) is 2.33. The molecule has 0 spiro atoms. The molecule has 1 aliphatic heterocycles. The van der Waals surface area contributed by atoms with Crippen LogP contribution in [0.3, 0.4) is 0 Å². The highest BCUT2D eigenvalue weighted by molar-refractivity contribution is 5.89.